The summed E-state index contributed by atoms with van der Waals surface area (Å²) in [5.74, 6) is -0.312. The smallest absolute Gasteiger partial charge is 0.342 e. The third-order valence-electron chi connectivity index (χ3n) is 4.23. The Labute approximate surface area is 128 Å². The van der Waals surface area contributed by atoms with Gasteiger partial charge in [-0.05, 0) is 12.5 Å². The molecule has 2 heterocycles. The molecule has 6 heteroatoms. The van der Waals surface area contributed by atoms with Crippen molar-refractivity contribution >= 4 is 5.97 Å². The Morgan fingerprint density at radius 1 is 1.36 bits per heavy atom. The predicted octanol–water partition coefficient (Wildman–Crippen LogP) is 2.58. The van der Waals surface area contributed by atoms with Gasteiger partial charge in [0.1, 0.15) is 17.8 Å². The second-order valence-corrected chi connectivity index (χ2v) is 5.57. The molecule has 0 amide bonds. The fraction of sp³-hybridized carbons (Fsp3) is 0.562. The van der Waals surface area contributed by atoms with Gasteiger partial charge >= 0.3 is 5.97 Å². The lowest BCUT2D eigenvalue weighted by Gasteiger charge is -2.28. The predicted molar refractivity (Wildman–Crippen MR) is 77.6 cm³/mol. The zero-order valence-corrected chi connectivity index (χ0v) is 12.9. The number of carbonyl (C=O) groups is 1. The number of ether oxygens (including phenoxy) is 4. The van der Waals surface area contributed by atoms with Gasteiger partial charge in [-0.25, -0.2) is 4.79 Å². The number of fused-ring (bicyclic) bond motifs is 3. The highest BCUT2D eigenvalue weighted by Crippen LogP contribution is 2.49. The highest BCUT2D eigenvalue weighted by Gasteiger charge is 2.46. The number of benzene rings is 1. The van der Waals surface area contributed by atoms with Crippen molar-refractivity contribution in [1.82, 2.24) is 0 Å². The van der Waals surface area contributed by atoms with E-state index in [1.807, 2.05) is 0 Å². The molecule has 2 aliphatic rings. The van der Waals surface area contributed by atoms with E-state index in [0.717, 1.165) is 12.8 Å². The number of phenolic OH excluding ortho intramolecular Hbond substituents is 1. The van der Waals surface area contributed by atoms with Crippen LogP contribution in [0.15, 0.2) is 6.07 Å². The highest BCUT2D eigenvalue weighted by molar-refractivity contribution is 5.97. The fourth-order valence-electron chi connectivity index (χ4n) is 3.25. The molecule has 1 N–H and O–H groups in total. The molecule has 22 heavy (non-hydrogen) atoms. The average molecular weight is 308 g/mol. The van der Waals surface area contributed by atoms with Crippen LogP contribution in [0.2, 0.25) is 0 Å². The number of esters is 1. The van der Waals surface area contributed by atoms with E-state index in [-0.39, 0.29) is 35.4 Å². The molecule has 0 bridgehead atoms. The maximum Gasteiger partial charge on any atom is 0.342 e. The van der Waals surface area contributed by atoms with Crippen LogP contribution in [0.1, 0.15) is 48.2 Å². The van der Waals surface area contributed by atoms with Gasteiger partial charge in [0.05, 0.1) is 20.3 Å². The van der Waals surface area contributed by atoms with E-state index in [4.69, 9.17) is 18.9 Å². The Morgan fingerprint density at radius 3 is 2.77 bits per heavy atom. The fourth-order valence-corrected chi connectivity index (χ4v) is 3.25. The lowest BCUT2D eigenvalue weighted by Crippen LogP contribution is -2.29. The van der Waals surface area contributed by atoms with Crippen LogP contribution in [0, 0.1) is 0 Å². The second-order valence-electron chi connectivity index (χ2n) is 5.57. The molecule has 1 aromatic rings. The Morgan fingerprint density at radius 2 is 2.14 bits per heavy atom. The maximum atomic E-state index is 12.2. The molecule has 2 unspecified atom stereocenters. The van der Waals surface area contributed by atoms with Gasteiger partial charge in [0.2, 0.25) is 5.75 Å². The molecule has 0 aromatic heterocycles. The van der Waals surface area contributed by atoms with Crippen LogP contribution >= 0.6 is 0 Å². The van der Waals surface area contributed by atoms with Gasteiger partial charge in [-0.3, -0.25) is 0 Å². The molecule has 1 fully saturated rings. The first-order valence-corrected chi connectivity index (χ1v) is 7.44. The van der Waals surface area contributed by atoms with Crippen LogP contribution < -0.4 is 9.47 Å². The Kier molecular flexibility index (Phi) is 3.87. The molecule has 0 radical (unpaired) electrons. The summed E-state index contributed by atoms with van der Waals surface area (Å²) in [6.45, 7) is 2.09. The van der Waals surface area contributed by atoms with Crippen LogP contribution in [-0.2, 0) is 9.47 Å². The Hall–Kier alpha value is -1.95. The number of aromatic hydroxyl groups is 1. The summed E-state index contributed by atoms with van der Waals surface area (Å²) < 4.78 is 21.8. The molecular formula is C16H20O6. The SMILES string of the molecule is CCC[C@@H]1CC2OC(=O)c3c(cc(OC)c(OC)c3O)C2O1. The van der Waals surface area contributed by atoms with Gasteiger partial charge in [0.25, 0.3) is 0 Å². The minimum absolute atomic E-state index is 0.0639. The van der Waals surface area contributed by atoms with Crippen molar-refractivity contribution in [2.75, 3.05) is 14.2 Å². The Balaban J connectivity index is 2.07. The highest BCUT2D eigenvalue weighted by atomic mass is 16.6. The van der Waals surface area contributed by atoms with E-state index in [1.165, 1.54) is 14.2 Å². The summed E-state index contributed by atoms with van der Waals surface area (Å²) in [7, 11) is 2.89. The van der Waals surface area contributed by atoms with Crippen LogP contribution in [-0.4, -0.2) is 37.5 Å². The van der Waals surface area contributed by atoms with Crippen molar-refractivity contribution in [2.24, 2.45) is 0 Å². The zero-order valence-electron chi connectivity index (χ0n) is 12.9. The summed E-state index contributed by atoms with van der Waals surface area (Å²) >= 11 is 0. The molecule has 2 aliphatic heterocycles. The molecule has 120 valence electrons. The molecule has 3 rings (SSSR count). The molecule has 0 spiro atoms. The number of carbonyl (C=O) groups excluding carboxylic acids is 1. The van der Waals surface area contributed by atoms with Gasteiger partial charge < -0.3 is 24.1 Å². The van der Waals surface area contributed by atoms with Gasteiger partial charge in [0.15, 0.2) is 11.5 Å². The summed E-state index contributed by atoms with van der Waals surface area (Å²) in [4.78, 5) is 12.2. The maximum absolute atomic E-state index is 12.2. The molecule has 3 atom stereocenters. The van der Waals surface area contributed by atoms with Crippen molar-refractivity contribution in [3.63, 3.8) is 0 Å². The third kappa shape index (κ3) is 2.18. The van der Waals surface area contributed by atoms with Crippen molar-refractivity contribution in [2.45, 2.75) is 44.5 Å². The second kappa shape index (κ2) is 5.68. The van der Waals surface area contributed by atoms with E-state index in [2.05, 4.69) is 6.92 Å². The third-order valence-corrected chi connectivity index (χ3v) is 4.23. The molecular weight excluding hydrogens is 288 g/mol. The Bertz CT molecular complexity index is 597. The van der Waals surface area contributed by atoms with E-state index in [0.29, 0.717) is 17.7 Å². The van der Waals surface area contributed by atoms with Crippen LogP contribution in [0.3, 0.4) is 0 Å². The topological polar surface area (TPSA) is 74.2 Å². The van der Waals surface area contributed by atoms with Crippen molar-refractivity contribution in [3.8, 4) is 17.2 Å². The molecule has 6 nitrogen and oxygen atoms in total. The number of methoxy groups -OCH3 is 2. The van der Waals surface area contributed by atoms with Crippen molar-refractivity contribution < 1.29 is 28.8 Å². The number of phenols is 1. The van der Waals surface area contributed by atoms with Crippen molar-refractivity contribution in [1.29, 1.82) is 0 Å². The van der Waals surface area contributed by atoms with Gasteiger partial charge in [0, 0.05) is 12.0 Å². The number of hydrogen-bond acceptors (Lipinski definition) is 6. The first kappa shape index (κ1) is 15.0. The van der Waals surface area contributed by atoms with E-state index in [9.17, 15) is 9.90 Å². The molecule has 0 saturated carbocycles. The summed E-state index contributed by atoms with van der Waals surface area (Å²) in [6, 6.07) is 1.69. The van der Waals surface area contributed by atoms with Crippen molar-refractivity contribution in [3.05, 3.63) is 17.2 Å². The lowest BCUT2D eigenvalue weighted by atomic mass is 9.93. The molecule has 0 aliphatic carbocycles. The quantitative estimate of drug-likeness (QED) is 0.862. The van der Waals surface area contributed by atoms with E-state index in [1.54, 1.807) is 6.07 Å². The molecule has 1 aromatic carbocycles. The van der Waals surface area contributed by atoms with E-state index < -0.39 is 5.97 Å². The number of rotatable bonds is 4. The van der Waals surface area contributed by atoms with Gasteiger partial charge in [-0.2, -0.15) is 0 Å². The van der Waals surface area contributed by atoms with Crippen LogP contribution in [0.4, 0.5) is 0 Å². The lowest BCUT2D eigenvalue weighted by molar-refractivity contribution is -0.0235. The van der Waals surface area contributed by atoms with Crippen LogP contribution in [0.25, 0.3) is 0 Å². The summed E-state index contributed by atoms with van der Waals surface area (Å²) in [5.41, 5.74) is 0.714. The molecule has 1 saturated heterocycles. The monoisotopic (exact) mass is 308 g/mol. The van der Waals surface area contributed by atoms with Gasteiger partial charge in [-0.15, -0.1) is 0 Å². The van der Waals surface area contributed by atoms with Crippen LogP contribution in [0.5, 0.6) is 17.2 Å². The summed E-state index contributed by atoms with van der Waals surface area (Å²) in [5, 5.41) is 10.3. The van der Waals surface area contributed by atoms with Gasteiger partial charge in [-0.1, -0.05) is 13.3 Å². The van der Waals surface area contributed by atoms with E-state index >= 15 is 0 Å². The minimum Gasteiger partial charge on any atom is -0.504 e. The standard InChI is InChI=1S/C16H20O6/c1-4-5-8-6-11-14(21-8)9-7-10(19-2)15(20-3)13(17)12(9)16(18)22-11/h7-8,11,14,17H,4-6H2,1-3H3/t8-,11?,14?/m1/s1. The zero-order chi connectivity index (χ0) is 15.9. The largest absolute Gasteiger partial charge is 0.504 e. The average Bonchev–Trinajstić information content (AvgIpc) is 2.89. The number of hydrogen-bond donors (Lipinski definition) is 1. The summed E-state index contributed by atoms with van der Waals surface area (Å²) in [6.07, 6.45) is 1.98. The first-order chi connectivity index (χ1) is 10.6. The normalized spacial score (nSPS) is 26.1. The first-order valence-electron chi connectivity index (χ1n) is 7.44. The minimum atomic E-state index is -0.546.